The maximum Gasteiger partial charge on any atom is 0.311 e. The van der Waals surface area contributed by atoms with Gasteiger partial charge in [-0.3, -0.25) is 4.79 Å². The number of hydrogen-bond acceptors (Lipinski definition) is 6. The average Bonchev–Trinajstić information content (AvgIpc) is 3.42. The number of carbonyl (C=O) groups is 1. The van der Waals surface area contributed by atoms with Gasteiger partial charge < -0.3 is 13.6 Å². The Labute approximate surface area is 176 Å². The zero-order valence-electron chi connectivity index (χ0n) is 16.5. The number of hydrogen-bond donors (Lipinski definition) is 0. The predicted molar refractivity (Wildman–Crippen MR) is 112 cm³/mol. The van der Waals surface area contributed by atoms with Crippen LogP contribution in [-0.2, 0) is 16.0 Å². The lowest BCUT2D eigenvalue weighted by Crippen LogP contribution is -2.11. The van der Waals surface area contributed by atoms with E-state index in [2.05, 4.69) is 10.2 Å². The number of nitrogens with zero attached hydrogens (tertiary/aromatic N) is 2. The molecular weight excluding hydrogens is 399 g/mol. The van der Waals surface area contributed by atoms with Crippen molar-refractivity contribution >= 4 is 27.7 Å². The molecule has 3 aromatic carbocycles. The molecule has 2 aromatic heterocycles. The second kappa shape index (κ2) is 7.68. The van der Waals surface area contributed by atoms with Crippen LogP contribution in [-0.4, -0.2) is 16.2 Å². The molecule has 0 unspecified atom stereocenters. The van der Waals surface area contributed by atoms with E-state index < -0.39 is 12.1 Å². The standard InChI is InChI=1S/C24H17FN2O4/c1-14(23-26-27-24(31-23)16-6-9-18(25)10-7-16)30-21(28)12-17-13-29-20-11-8-15-4-2-3-5-19(15)22(17)20/h2-11,13-14H,12H2,1H3/t14-/m1/s1. The van der Waals surface area contributed by atoms with E-state index >= 15 is 0 Å². The first-order valence-corrected chi connectivity index (χ1v) is 9.75. The van der Waals surface area contributed by atoms with Crippen LogP contribution in [0.3, 0.4) is 0 Å². The fraction of sp³-hybridized carbons (Fsp3) is 0.125. The fourth-order valence-electron chi connectivity index (χ4n) is 3.56. The molecule has 31 heavy (non-hydrogen) atoms. The van der Waals surface area contributed by atoms with Crippen molar-refractivity contribution in [3.63, 3.8) is 0 Å². The lowest BCUT2D eigenvalue weighted by molar-refractivity contribution is -0.148. The summed E-state index contributed by atoms with van der Waals surface area (Å²) in [5.41, 5.74) is 2.05. The molecule has 154 valence electrons. The minimum Gasteiger partial charge on any atom is -0.464 e. The van der Waals surface area contributed by atoms with Crippen molar-refractivity contribution in [3.8, 4) is 11.5 Å². The van der Waals surface area contributed by atoms with Crippen LogP contribution in [0.1, 0.15) is 24.5 Å². The largest absolute Gasteiger partial charge is 0.464 e. The Morgan fingerprint density at radius 3 is 2.71 bits per heavy atom. The molecule has 2 heterocycles. The van der Waals surface area contributed by atoms with E-state index in [0.717, 1.165) is 27.3 Å². The zero-order valence-corrected chi connectivity index (χ0v) is 16.5. The molecule has 1 atom stereocenters. The molecular formula is C24H17FN2O4. The fourth-order valence-corrected chi connectivity index (χ4v) is 3.56. The van der Waals surface area contributed by atoms with Gasteiger partial charge in [0.25, 0.3) is 5.89 Å². The van der Waals surface area contributed by atoms with Crippen LogP contribution < -0.4 is 0 Å². The minimum absolute atomic E-state index is 0.0459. The van der Waals surface area contributed by atoms with E-state index in [-0.39, 0.29) is 24.0 Å². The van der Waals surface area contributed by atoms with Gasteiger partial charge in [0.2, 0.25) is 5.89 Å². The second-order valence-corrected chi connectivity index (χ2v) is 7.18. The SMILES string of the molecule is C[C@@H](OC(=O)Cc1coc2ccc3ccccc3c12)c1nnc(-c2ccc(F)cc2)o1. The molecule has 5 rings (SSSR count). The average molecular weight is 416 g/mol. The highest BCUT2D eigenvalue weighted by molar-refractivity contribution is 6.08. The van der Waals surface area contributed by atoms with E-state index in [9.17, 15) is 9.18 Å². The van der Waals surface area contributed by atoms with Gasteiger partial charge in [0.15, 0.2) is 6.10 Å². The quantitative estimate of drug-likeness (QED) is 0.346. The van der Waals surface area contributed by atoms with Crippen molar-refractivity contribution in [3.05, 3.63) is 84.2 Å². The van der Waals surface area contributed by atoms with Gasteiger partial charge in [0.05, 0.1) is 12.7 Å². The molecule has 0 bridgehead atoms. The molecule has 5 aromatic rings. The Hall–Kier alpha value is -4.00. The number of aromatic nitrogens is 2. The van der Waals surface area contributed by atoms with Crippen LogP contribution in [0.4, 0.5) is 4.39 Å². The lowest BCUT2D eigenvalue weighted by atomic mass is 10.0. The summed E-state index contributed by atoms with van der Waals surface area (Å²) >= 11 is 0. The third-order valence-electron chi connectivity index (χ3n) is 5.06. The van der Waals surface area contributed by atoms with Gasteiger partial charge in [-0.2, -0.15) is 0 Å². The van der Waals surface area contributed by atoms with Crippen molar-refractivity contribution in [1.29, 1.82) is 0 Å². The normalized spacial score (nSPS) is 12.3. The van der Waals surface area contributed by atoms with Gasteiger partial charge in [-0.05, 0) is 48.0 Å². The highest BCUT2D eigenvalue weighted by Crippen LogP contribution is 2.30. The van der Waals surface area contributed by atoms with Gasteiger partial charge >= 0.3 is 5.97 Å². The molecule has 0 saturated heterocycles. The Kier molecular flexibility index (Phi) is 4.71. The van der Waals surface area contributed by atoms with Gasteiger partial charge in [0.1, 0.15) is 11.4 Å². The monoisotopic (exact) mass is 416 g/mol. The number of benzene rings is 3. The summed E-state index contributed by atoms with van der Waals surface area (Å²) in [6.45, 7) is 1.66. The van der Waals surface area contributed by atoms with E-state index in [4.69, 9.17) is 13.6 Å². The third kappa shape index (κ3) is 3.66. The Bertz CT molecular complexity index is 1390. The Morgan fingerprint density at radius 1 is 1.06 bits per heavy atom. The summed E-state index contributed by atoms with van der Waals surface area (Å²) in [6.07, 6.45) is 0.899. The van der Waals surface area contributed by atoms with Gasteiger partial charge in [-0.1, -0.05) is 30.3 Å². The van der Waals surface area contributed by atoms with Crippen LogP contribution in [0.15, 0.2) is 75.8 Å². The first-order chi connectivity index (χ1) is 15.1. The maximum atomic E-state index is 13.1. The molecule has 0 aliphatic heterocycles. The molecule has 0 N–H and O–H groups in total. The van der Waals surface area contributed by atoms with Crippen LogP contribution in [0.25, 0.3) is 33.2 Å². The summed E-state index contributed by atoms with van der Waals surface area (Å²) < 4.78 is 29.8. The number of fused-ring (bicyclic) bond motifs is 3. The van der Waals surface area contributed by atoms with Crippen molar-refractivity contribution in [2.24, 2.45) is 0 Å². The molecule has 0 aliphatic rings. The summed E-state index contributed by atoms with van der Waals surface area (Å²) in [4.78, 5) is 12.6. The van der Waals surface area contributed by atoms with Crippen LogP contribution in [0, 0.1) is 5.82 Å². The number of halogens is 1. The van der Waals surface area contributed by atoms with E-state index in [0.29, 0.717) is 5.56 Å². The topological polar surface area (TPSA) is 78.4 Å². The van der Waals surface area contributed by atoms with Gasteiger partial charge in [-0.15, -0.1) is 10.2 Å². The molecule has 7 heteroatoms. The highest BCUT2D eigenvalue weighted by atomic mass is 19.1. The lowest BCUT2D eigenvalue weighted by Gasteiger charge is -2.09. The van der Waals surface area contributed by atoms with Crippen molar-refractivity contribution < 1.29 is 22.8 Å². The van der Waals surface area contributed by atoms with E-state index in [1.54, 1.807) is 13.2 Å². The van der Waals surface area contributed by atoms with Crippen molar-refractivity contribution in [2.45, 2.75) is 19.4 Å². The summed E-state index contributed by atoms with van der Waals surface area (Å²) in [6, 6.07) is 17.5. The highest BCUT2D eigenvalue weighted by Gasteiger charge is 2.21. The Morgan fingerprint density at radius 2 is 1.87 bits per heavy atom. The zero-order chi connectivity index (χ0) is 21.4. The molecule has 0 aliphatic carbocycles. The number of carbonyl (C=O) groups excluding carboxylic acids is 1. The number of furan rings is 1. The third-order valence-corrected chi connectivity index (χ3v) is 5.06. The summed E-state index contributed by atoms with van der Waals surface area (Å²) in [5.74, 6) is -0.407. The summed E-state index contributed by atoms with van der Waals surface area (Å²) in [5, 5.41) is 10.9. The van der Waals surface area contributed by atoms with Gasteiger partial charge in [-0.25, -0.2) is 4.39 Å². The predicted octanol–water partition coefficient (Wildman–Crippen LogP) is 5.62. The van der Waals surface area contributed by atoms with Crippen LogP contribution in [0.2, 0.25) is 0 Å². The van der Waals surface area contributed by atoms with Crippen LogP contribution >= 0.6 is 0 Å². The second-order valence-electron chi connectivity index (χ2n) is 7.18. The molecule has 0 spiro atoms. The van der Waals surface area contributed by atoms with Crippen molar-refractivity contribution in [1.82, 2.24) is 10.2 Å². The molecule has 6 nitrogen and oxygen atoms in total. The number of ether oxygens (including phenoxy) is 1. The van der Waals surface area contributed by atoms with Crippen molar-refractivity contribution in [2.75, 3.05) is 0 Å². The minimum atomic E-state index is -0.732. The van der Waals surface area contributed by atoms with Gasteiger partial charge in [0, 0.05) is 16.5 Å². The molecule has 0 fully saturated rings. The smallest absolute Gasteiger partial charge is 0.311 e. The Balaban J connectivity index is 1.33. The molecule has 0 amide bonds. The van der Waals surface area contributed by atoms with Crippen LogP contribution in [0.5, 0.6) is 0 Å². The van der Waals surface area contributed by atoms with E-state index in [1.807, 2.05) is 36.4 Å². The summed E-state index contributed by atoms with van der Waals surface area (Å²) in [7, 11) is 0. The molecule has 0 saturated carbocycles. The molecule has 0 radical (unpaired) electrons. The maximum absolute atomic E-state index is 13.1. The first-order valence-electron chi connectivity index (χ1n) is 9.75. The number of rotatable bonds is 5. The first kappa shape index (κ1) is 19.0. The van der Waals surface area contributed by atoms with E-state index in [1.165, 1.54) is 24.3 Å². The number of esters is 1.